The highest BCUT2D eigenvalue weighted by atomic mass is 35.5. The molecule has 0 aliphatic carbocycles. The van der Waals surface area contributed by atoms with Gasteiger partial charge < -0.3 is 9.73 Å². The molecule has 3 aromatic rings. The molecule has 0 bridgehead atoms. The molecule has 0 atom stereocenters. The summed E-state index contributed by atoms with van der Waals surface area (Å²) in [5.41, 5.74) is 0. The second-order valence-corrected chi connectivity index (χ2v) is 5.06. The van der Waals surface area contributed by atoms with Crippen molar-refractivity contribution in [3.63, 3.8) is 0 Å². The Kier molecular flexibility index (Phi) is 4.39. The van der Waals surface area contributed by atoms with E-state index >= 15 is 0 Å². The van der Waals surface area contributed by atoms with Crippen LogP contribution in [0, 0.1) is 0 Å². The molecule has 0 aliphatic rings. The van der Waals surface area contributed by atoms with Crippen LogP contribution >= 0.6 is 23.7 Å². The van der Waals surface area contributed by atoms with Gasteiger partial charge in [-0.15, -0.1) is 23.7 Å². The van der Waals surface area contributed by atoms with Crippen LogP contribution in [0.2, 0.25) is 0 Å². The molecular weight excluding hydrogens is 282 g/mol. The number of aromatic nitrogens is 2. The average Bonchev–Trinajstić information content (AvgIpc) is 3.04. The minimum Gasteiger partial charge on any atom is -0.467 e. The van der Waals surface area contributed by atoms with E-state index in [2.05, 4.69) is 28.3 Å². The van der Waals surface area contributed by atoms with E-state index in [1.165, 1.54) is 4.88 Å². The normalized spacial score (nSPS) is 10.4. The van der Waals surface area contributed by atoms with Crippen molar-refractivity contribution in [2.24, 2.45) is 0 Å². The quantitative estimate of drug-likeness (QED) is 0.793. The number of furan rings is 1. The van der Waals surface area contributed by atoms with Gasteiger partial charge >= 0.3 is 0 Å². The number of rotatable bonds is 4. The molecule has 0 aliphatic heterocycles. The maximum absolute atomic E-state index is 5.29. The number of halogens is 1. The molecule has 0 amide bonds. The van der Waals surface area contributed by atoms with Gasteiger partial charge in [0.05, 0.1) is 18.2 Å². The van der Waals surface area contributed by atoms with E-state index in [-0.39, 0.29) is 12.4 Å². The second kappa shape index (κ2) is 6.04. The molecule has 0 spiro atoms. The Bertz CT molecular complexity index is 651. The lowest BCUT2D eigenvalue weighted by atomic mass is 10.3. The Morgan fingerprint density at radius 1 is 1.37 bits per heavy atom. The highest BCUT2D eigenvalue weighted by molar-refractivity contribution is 7.18. The minimum absolute atomic E-state index is 0. The lowest BCUT2D eigenvalue weighted by molar-refractivity contribution is 0.518. The maximum Gasteiger partial charge on any atom is 0.138 e. The summed E-state index contributed by atoms with van der Waals surface area (Å²) >= 11 is 1.72. The zero-order valence-electron chi connectivity index (χ0n) is 10.4. The predicted molar refractivity (Wildman–Crippen MR) is 80.1 cm³/mol. The molecule has 0 aromatic carbocycles. The second-order valence-electron chi connectivity index (χ2n) is 3.94. The van der Waals surface area contributed by atoms with Gasteiger partial charge in [0.1, 0.15) is 22.7 Å². The number of nitrogens with zero attached hydrogens (tertiary/aromatic N) is 2. The van der Waals surface area contributed by atoms with Crippen molar-refractivity contribution in [2.45, 2.75) is 19.9 Å². The van der Waals surface area contributed by atoms with Gasteiger partial charge in [0.15, 0.2) is 0 Å². The summed E-state index contributed by atoms with van der Waals surface area (Å²) in [5, 5.41) is 4.38. The lowest BCUT2D eigenvalue weighted by Gasteiger charge is -2.03. The summed E-state index contributed by atoms with van der Waals surface area (Å²) in [4.78, 5) is 11.0. The van der Waals surface area contributed by atoms with Crippen LogP contribution in [0.15, 0.2) is 35.2 Å². The molecule has 1 N–H and O–H groups in total. The molecule has 6 heteroatoms. The van der Waals surface area contributed by atoms with E-state index in [0.717, 1.165) is 28.2 Å². The monoisotopic (exact) mass is 295 g/mol. The van der Waals surface area contributed by atoms with Crippen molar-refractivity contribution in [3.05, 3.63) is 41.4 Å². The maximum atomic E-state index is 5.29. The van der Waals surface area contributed by atoms with E-state index in [0.29, 0.717) is 6.54 Å². The van der Waals surface area contributed by atoms with Crippen LogP contribution < -0.4 is 5.32 Å². The van der Waals surface area contributed by atoms with Crippen molar-refractivity contribution in [3.8, 4) is 0 Å². The summed E-state index contributed by atoms with van der Waals surface area (Å²) in [6.07, 6.45) is 4.30. The summed E-state index contributed by atoms with van der Waals surface area (Å²) in [6, 6.07) is 5.98. The zero-order valence-corrected chi connectivity index (χ0v) is 12.1. The molecule has 3 aromatic heterocycles. The molecule has 0 saturated heterocycles. The number of thiophene rings is 1. The minimum atomic E-state index is 0. The molecule has 3 rings (SSSR count). The topological polar surface area (TPSA) is 51.0 Å². The Hall–Kier alpha value is -1.59. The van der Waals surface area contributed by atoms with Gasteiger partial charge in [-0.3, -0.25) is 0 Å². The van der Waals surface area contributed by atoms with Crippen LogP contribution in [0.5, 0.6) is 0 Å². The molecule has 19 heavy (non-hydrogen) atoms. The Morgan fingerprint density at radius 3 is 3.00 bits per heavy atom. The molecule has 4 nitrogen and oxygen atoms in total. The predicted octanol–water partition coefficient (Wildman–Crippen LogP) is 3.88. The molecule has 100 valence electrons. The van der Waals surface area contributed by atoms with E-state index < -0.39 is 0 Å². The first kappa shape index (κ1) is 13.8. The third kappa shape index (κ3) is 2.88. The van der Waals surface area contributed by atoms with E-state index in [4.69, 9.17) is 4.42 Å². The molecule has 0 radical (unpaired) electrons. The van der Waals surface area contributed by atoms with Crippen LogP contribution in [0.4, 0.5) is 5.82 Å². The van der Waals surface area contributed by atoms with Crippen LogP contribution in [0.25, 0.3) is 10.2 Å². The third-order valence-electron chi connectivity index (χ3n) is 2.74. The van der Waals surface area contributed by atoms with Crippen molar-refractivity contribution < 1.29 is 4.42 Å². The average molecular weight is 296 g/mol. The molecule has 0 unspecified atom stereocenters. The van der Waals surface area contributed by atoms with Crippen molar-refractivity contribution >= 4 is 39.8 Å². The Balaban J connectivity index is 0.00000133. The standard InChI is InChI=1S/C13H13N3OS.ClH/c1-2-10-6-11-12(15-8-16-13(11)18-10)14-7-9-4-3-5-17-9;/h3-6,8H,2,7H2,1H3,(H,14,15,16);1H. The zero-order chi connectivity index (χ0) is 12.4. The summed E-state index contributed by atoms with van der Waals surface area (Å²) < 4.78 is 5.29. The third-order valence-corrected chi connectivity index (χ3v) is 3.93. The fourth-order valence-electron chi connectivity index (χ4n) is 1.80. The number of anilines is 1. The van der Waals surface area contributed by atoms with Crippen LogP contribution in [-0.4, -0.2) is 9.97 Å². The first-order valence-corrected chi connectivity index (χ1v) is 6.68. The number of nitrogens with one attached hydrogen (secondary N) is 1. The largest absolute Gasteiger partial charge is 0.467 e. The van der Waals surface area contributed by atoms with Gasteiger partial charge in [-0.2, -0.15) is 0 Å². The SMILES string of the molecule is CCc1cc2c(NCc3ccco3)ncnc2s1.Cl. The molecular formula is C13H14ClN3OS. The summed E-state index contributed by atoms with van der Waals surface area (Å²) in [6.45, 7) is 2.78. The molecule has 3 heterocycles. The van der Waals surface area contributed by atoms with Crippen LogP contribution in [0.1, 0.15) is 17.6 Å². The fraction of sp³-hybridized carbons (Fsp3) is 0.231. The van der Waals surface area contributed by atoms with E-state index in [1.54, 1.807) is 23.9 Å². The van der Waals surface area contributed by atoms with Gasteiger partial charge in [-0.05, 0) is 24.6 Å². The smallest absolute Gasteiger partial charge is 0.138 e. The van der Waals surface area contributed by atoms with Crippen molar-refractivity contribution in [1.29, 1.82) is 0 Å². The van der Waals surface area contributed by atoms with Gasteiger partial charge in [0.2, 0.25) is 0 Å². The van der Waals surface area contributed by atoms with Crippen LogP contribution in [0.3, 0.4) is 0 Å². The van der Waals surface area contributed by atoms with Gasteiger partial charge in [-0.1, -0.05) is 6.92 Å². The van der Waals surface area contributed by atoms with Gasteiger partial charge in [0.25, 0.3) is 0 Å². The number of hydrogen-bond donors (Lipinski definition) is 1. The summed E-state index contributed by atoms with van der Waals surface area (Å²) in [5.74, 6) is 1.76. The van der Waals surface area contributed by atoms with Gasteiger partial charge in [-0.25, -0.2) is 9.97 Å². The van der Waals surface area contributed by atoms with E-state index in [9.17, 15) is 0 Å². The van der Waals surface area contributed by atoms with Gasteiger partial charge in [0, 0.05) is 4.88 Å². The highest BCUT2D eigenvalue weighted by Gasteiger charge is 2.07. The Labute approximate surface area is 121 Å². The number of hydrogen-bond acceptors (Lipinski definition) is 5. The van der Waals surface area contributed by atoms with Crippen LogP contribution in [-0.2, 0) is 13.0 Å². The molecule has 0 saturated carbocycles. The number of aryl methyl sites for hydroxylation is 1. The fourth-order valence-corrected chi connectivity index (χ4v) is 2.74. The van der Waals surface area contributed by atoms with Crippen molar-refractivity contribution in [1.82, 2.24) is 9.97 Å². The van der Waals surface area contributed by atoms with E-state index in [1.807, 2.05) is 12.1 Å². The summed E-state index contributed by atoms with van der Waals surface area (Å²) in [7, 11) is 0. The Morgan fingerprint density at radius 2 is 2.26 bits per heavy atom. The first-order valence-electron chi connectivity index (χ1n) is 5.86. The molecule has 0 fully saturated rings. The highest BCUT2D eigenvalue weighted by Crippen LogP contribution is 2.28. The lowest BCUT2D eigenvalue weighted by Crippen LogP contribution is -2.00. The number of fused-ring (bicyclic) bond motifs is 1. The first-order chi connectivity index (χ1) is 8.86. The van der Waals surface area contributed by atoms with Crippen molar-refractivity contribution in [2.75, 3.05) is 5.32 Å².